The molecule has 2 rings (SSSR count). The molecule has 0 saturated heterocycles. The smallest absolute Gasteiger partial charge is 0.178 e. The zero-order valence-electron chi connectivity index (χ0n) is 8.34. The minimum atomic E-state index is -0.0467. The van der Waals surface area contributed by atoms with Crippen LogP contribution < -0.4 is 0 Å². The number of benzene rings is 1. The maximum Gasteiger partial charge on any atom is 0.178 e. The number of hydrogen-bond donors (Lipinski definition) is 0. The summed E-state index contributed by atoms with van der Waals surface area (Å²) in [7, 11) is 0. The van der Waals surface area contributed by atoms with Crippen LogP contribution in [0.1, 0.15) is 17.4 Å². The van der Waals surface area contributed by atoms with Gasteiger partial charge in [0.1, 0.15) is 12.0 Å². The Labute approximate surface area is 87.8 Å². The molecule has 0 amide bonds. The molecule has 1 aromatic heterocycles. The highest BCUT2D eigenvalue weighted by Crippen LogP contribution is 2.15. The van der Waals surface area contributed by atoms with E-state index in [0.717, 1.165) is 11.3 Å². The summed E-state index contributed by atoms with van der Waals surface area (Å²) in [5.41, 5.74) is 2.21. The molecule has 74 valence electrons. The molecule has 0 N–H and O–H groups in total. The van der Waals surface area contributed by atoms with Gasteiger partial charge in [0, 0.05) is 12.5 Å². The first-order valence-electron chi connectivity index (χ1n) is 4.66. The highest BCUT2D eigenvalue weighted by atomic mass is 16.1. The van der Waals surface area contributed by atoms with Crippen molar-refractivity contribution >= 4 is 5.78 Å². The van der Waals surface area contributed by atoms with E-state index in [1.807, 2.05) is 30.3 Å². The van der Waals surface area contributed by atoms with Crippen LogP contribution in [0.25, 0.3) is 11.3 Å². The van der Waals surface area contributed by atoms with Gasteiger partial charge in [0.25, 0.3) is 0 Å². The number of carbonyl (C=O) groups excluding carboxylic acids is 1. The molecule has 0 aliphatic carbocycles. The number of hydrogen-bond acceptors (Lipinski definition) is 3. The van der Waals surface area contributed by atoms with Gasteiger partial charge in [0.15, 0.2) is 5.78 Å². The van der Waals surface area contributed by atoms with Crippen molar-refractivity contribution in [3.05, 3.63) is 48.4 Å². The van der Waals surface area contributed by atoms with Crippen molar-refractivity contribution in [3.8, 4) is 11.3 Å². The second-order valence-corrected chi connectivity index (χ2v) is 3.21. The van der Waals surface area contributed by atoms with Crippen LogP contribution in [0, 0.1) is 0 Å². The van der Waals surface area contributed by atoms with E-state index in [4.69, 9.17) is 0 Å². The maximum absolute atomic E-state index is 11.1. The summed E-state index contributed by atoms with van der Waals surface area (Å²) in [6, 6.07) is 11.4. The third kappa shape index (κ3) is 2.07. The molecule has 3 heteroatoms. The van der Waals surface area contributed by atoms with Gasteiger partial charge >= 0.3 is 0 Å². The lowest BCUT2D eigenvalue weighted by Gasteiger charge is -2.00. The average molecular weight is 198 g/mol. The van der Waals surface area contributed by atoms with Crippen LogP contribution in [0.2, 0.25) is 0 Å². The zero-order chi connectivity index (χ0) is 10.7. The first-order valence-corrected chi connectivity index (χ1v) is 4.66. The van der Waals surface area contributed by atoms with Gasteiger partial charge in [-0.2, -0.15) is 0 Å². The minimum absolute atomic E-state index is 0.0467. The van der Waals surface area contributed by atoms with Crippen molar-refractivity contribution in [1.29, 1.82) is 0 Å². The van der Waals surface area contributed by atoms with Gasteiger partial charge in [0.2, 0.25) is 0 Å². The normalized spacial score (nSPS) is 9.93. The number of Topliss-reactive ketones (excluding diaryl/α,β-unsaturated/α-hetero) is 1. The van der Waals surface area contributed by atoms with E-state index >= 15 is 0 Å². The summed E-state index contributed by atoms with van der Waals surface area (Å²) in [6.07, 6.45) is 1.42. The molecule has 0 fully saturated rings. The molecule has 0 atom stereocenters. The molecule has 0 unspecified atom stereocenters. The Hall–Kier alpha value is -2.03. The van der Waals surface area contributed by atoms with Crippen molar-refractivity contribution in [1.82, 2.24) is 9.97 Å². The van der Waals surface area contributed by atoms with E-state index in [0.29, 0.717) is 5.69 Å². The molecular formula is C12H10N2O. The van der Waals surface area contributed by atoms with Crippen LogP contribution in [0.3, 0.4) is 0 Å². The van der Waals surface area contributed by atoms with Gasteiger partial charge in [-0.15, -0.1) is 0 Å². The first kappa shape index (κ1) is 9.52. The Balaban J connectivity index is 2.46. The van der Waals surface area contributed by atoms with Gasteiger partial charge in [-0.3, -0.25) is 4.79 Å². The lowest BCUT2D eigenvalue weighted by Crippen LogP contribution is -1.98. The van der Waals surface area contributed by atoms with Crippen molar-refractivity contribution in [2.45, 2.75) is 6.92 Å². The number of nitrogens with zero attached hydrogens (tertiary/aromatic N) is 2. The third-order valence-corrected chi connectivity index (χ3v) is 2.10. The molecule has 1 aromatic carbocycles. The van der Waals surface area contributed by atoms with E-state index in [9.17, 15) is 4.79 Å². The quantitative estimate of drug-likeness (QED) is 0.695. The zero-order valence-corrected chi connectivity index (χ0v) is 8.34. The third-order valence-electron chi connectivity index (χ3n) is 2.10. The van der Waals surface area contributed by atoms with E-state index in [-0.39, 0.29) is 5.78 Å². The monoisotopic (exact) mass is 198 g/mol. The van der Waals surface area contributed by atoms with Crippen LogP contribution in [0.4, 0.5) is 0 Å². The van der Waals surface area contributed by atoms with E-state index in [1.54, 1.807) is 6.07 Å². The Morgan fingerprint density at radius 2 is 1.87 bits per heavy atom. The molecule has 0 aliphatic rings. The summed E-state index contributed by atoms with van der Waals surface area (Å²) >= 11 is 0. The molecule has 0 aliphatic heterocycles. The molecule has 3 nitrogen and oxygen atoms in total. The van der Waals surface area contributed by atoms with Crippen LogP contribution in [-0.2, 0) is 0 Å². The Kier molecular flexibility index (Phi) is 2.54. The SMILES string of the molecule is CC(=O)c1cc(-c2ccccc2)ncn1. The van der Waals surface area contributed by atoms with Gasteiger partial charge in [-0.05, 0) is 6.07 Å². The fraction of sp³-hybridized carbons (Fsp3) is 0.0833. The van der Waals surface area contributed by atoms with Crippen LogP contribution in [0.5, 0.6) is 0 Å². The second kappa shape index (κ2) is 4.00. The number of rotatable bonds is 2. The second-order valence-electron chi connectivity index (χ2n) is 3.21. The number of aromatic nitrogens is 2. The summed E-state index contributed by atoms with van der Waals surface area (Å²) in [5, 5.41) is 0. The molecule has 2 aromatic rings. The maximum atomic E-state index is 11.1. The van der Waals surface area contributed by atoms with Crippen molar-refractivity contribution in [3.63, 3.8) is 0 Å². The number of carbonyl (C=O) groups is 1. The lowest BCUT2D eigenvalue weighted by atomic mass is 10.1. The van der Waals surface area contributed by atoms with E-state index in [1.165, 1.54) is 13.3 Å². The molecule has 0 spiro atoms. The molecule has 15 heavy (non-hydrogen) atoms. The standard InChI is InChI=1S/C12H10N2O/c1-9(15)11-7-12(14-8-13-11)10-5-3-2-4-6-10/h2-8H,1H3. The van der Waals surface area contributed by atoms with Crippen LogP contribution in [0.15, 0.2) is 42.7 Å². The van der Waals surface area contributed by atoms with E-state index in [2.05, 4.69) is 9.97 Å². The summed E-state index contributed by atoms with van der Waals surface area (Å²) in [4.78, 5) is 19.2. The number of ketones is 1. The molecule has 0 radical (unpaired) electrons. The fourth-order valence-corrected chi connectivity index (χ4v) is 1.32. The molecule has 1 heterocycles. The Morgan fingerprint density at radius 1 is 1.13 bits per heavy atom. The van der Waals surface area contributed by atoms with Crippen LogP contribution >= 0.6 is 0 Å². The van der Waals surface area contributed by atoms with Crippen molar-refractivity contribution in [2.24, 2.45) is 0 Å². The first-order chi connectivity index (χ1) is 7.27. The summed E-state index contributed by atoms with van der Waals surface area (Å²) < 4.78 is 0. The Morgan fingerprint density at radius 3 is 2.53 bits per heavy atom. The molecule has 0 bridgehead atoms. The highest BCUT2D eigenvalue weighted by Gasteiger charge is 2.04. The minimum Gasteiger partial charge on any atom is -0.293 e. The van der Waals surface area contributed by atoms with Gasteiger partial charge in [0.05, 0.1) is 5.69 Å². The summed E-state index contributed by atoms with van der Waals surface area (Å²) in [5.74, 6) is -0.0467. The van der Waals surface area contributed by atoms with Crippen LogP contribution in [-0.4, -0.2) is 15.8 Å². The Bertz CT molecular complexity index is 480. The van der Waals surface area contributed by atoms with E-state index < -0.39 is 0 Å². The van der Waals surface area contributed by atoms with Gasteiger partial charge < -0.3 is 0 Å². The molecule has 0 saturated carbocycles. The van der Waals surface area contributed by atoms with Crippen molar-refractivity contribution < 1.29 is 4.79 Å². The van der Waals surface area contributed by atoms with Gasteiger partial charge in [-0.1, -0.05) is 30.3 Å². The topological polar surface area (TPSA) is 42.9 Å². The largest absolute Gasteiger partial charge is 0.293 e. The summed E-state index contributed by atoms with van der Waals surface area (Å²) in [6.45, 7) is 1.50. The van der Waals surface area contributed by atoms with Crippen molar-refractivity contribution in [2.75, 3.05) is 0 Å². The van der Waals surface area contributed by atoms with Gasteiger partial charge in [-0.25, -0.2) is 9.97 Å². The molecular weight excluding hydrogens is 188 g/mol. The lowest BCUT2D eigenvalue weighted by molar-refractivity contribution is 0.101. The predicted molar refractivity (Wildman–Crippen MR) is 57.5 cm³/mol. The predicted octanol–water partition coefficient (Wildman–Crippen LogP) is 2.35. The highest BCUT2D eigenvalue weighted by molar-refractivity contribution is 5.92. The fourth-order valence-electron chi connectivity index (χ4n) is 1.32. The average Bonchev–Trinajstić information content (AvgIpc) is 2.30.